The zero-order chi connectivity index (χ0) is 16.4. The van der Waals surface area contributed by atoms with E-state index >= 15 is 0 Å². The molecule has 1 atom stereocenters. The van der Waals surface area contributed by atoms with Crippen molar-refractivity contribution in [3.05, 3.63) is 50.2 Å². The Morgan fingerprint density at radius 2 is 2.14 bits per heavy atom. The summed E-state index contributed by atoms with van der Waals surface area (Å²) in [5.41, 5.74) is 0.401. The van der Waals surface area contributed by atoms with Crippen LogP contribution in [0.1, 0.15) is 43.7 Å². The maximum Gasteiger partial charge on any atom is 0.347 e. The van der Waals surface area contributed by atoms with Gasteiger partial charge >= 0.3 is 5.97 Å². The highest BCUT2D eigenvalue weighted by Gasteiger charge is 2.21. The number of aromatic carboxylic acids is 1. The van der Waals surface area contributed by atoms with Crippen molar-refractivity contribution >= 4 is 34.8 Å². The van der Waals surface area contributed by atoms with E-state index in [9.17, 15) is 14.0 Å². The van der Waals surface area contributed by atoms with Gasteiger partial charge in [-0.25, -0.2) is 14.2 Å². The van der Waals surface area contributed by atoms with Crippen molar-refractivity contribution in [3.63, 3.8) is 0 Å². The first-order chi connectivity index (χ1) is 10.3. The lowest BCUT2D eigenvalue weighted by Crippen LogP contribution is -2.27. The topological polar surface area (TPSA) is 79.3 Å². The summed E-state index contributed by atoms with van der Waals surface area (Å²) in [6.45, 7) is 3.25. The Bertz CT molecular complexity index is 748. The summed E-state index contributed by atoms with van der Waals surface area (Å²) in [5.74, 6) is -2.30. The maximum atomic E-state index is 13.4. The molecule has 0 aliphatic rings. The van der Waals surface area contributed by atoms with Crippen LogP contribution < -0.4 is 5.32 Å². The molecule has 1 aromatic heterocycles. The van der Waals surface area contributed by atoms with E-state index in [1.165, 1.54) is 12.1 Å². The molecule has 0 fully saturated rings. The first-order valence-corrected chi connectivity index (χ1v) is 7.46. The maximum absolute atomic E-state index is 13.4. The summed E-state index contributed by atoms with van der Waals surface area (Å²) in [5, 5.41) is 11.8. The molecule has 0 spiro atoms. The molecule has 0 bridgehead atoms. The number of nitrogens with zero attached hydrogens (tertiary/aromatic N) is 1. The van der Waals surface area contributed by atoms with Gasteiger partial charge in [0.15, 0.2) is 0 Å². The van der Waals surface area contributed by atoms with E-state index in [0.29, 0.717) is 10.7 Å². The van der Waals surface area contributed by atoms with Gasteiger partial charge in [0.2, 0.25) is 0 Å². The van der Waals surface area contributed by atoms with Crippen molar-refractivity contribution in [3.8, 4) is 0 Å². The predicted molar refractivity (Wildman–Crippen MR) is 81.1 cm³/mol. The number of benzene rings is 1. The van der Waals surface area contributed by atoms with Gasteiger partial charge < -0.3 is 10.4 Å². The highest BCUT2D eigenvalue weighted by atomic mass is 35.5. The van der Waals surface area contributed by atoms with Crippen molar-refractivity contribution in [1.82, 2.24) is 10.3 Å². The summed E-state index contributed by atoms with van der Waals surface area (Å²) in [4.78, 5) is 27.4. The zero-order valence-electron chi connectivity index (χ0n) is 11.7. The third kappa shape index (κ3) is 3.26. The average molecular weight is 343 g/mol. The Hall–Kier alpha value is -1.99. The highest BCUT2D eigenvalue weighted by molar-refractivity contribution is 7.13. The Labute approximate surface area is 134 Å². The fourth-order valence-corrected chi connectivity index (χ4v) is 2.94. The van der Waals surface area contributed by atoms with Crippen LogP contribution in [0.2, 0.25) is 5.02 Å². The molecule has 1 unspecified atom stereocenters. The lowest BCUT2D eigenvalue weighted by Gasteiger charge is -2.12. The monoisotopic (exact) mass is 342 g/mol. The Morgan fingerprint density at radius 1 is 1.45 bits per heavy atom. The van der Waals surface area contributed by atoms with E-state index in [-0.39, 0.29) is 15.5 Å². The molecule has 0 radical (unpaired) electrons. The number of rotatable bonds is 4. The molecule has 1 amide bonds. The first kappa shape index (κ1) is 16.4. The van der Waals surface area contributed by atoms with E-state index in [0.717, 1.165) is 17.4 Å². The standard InChI is InChI=1S/C14H12ClFN2O3S/c1-6-11(14(20)21)22-13(18-6)7(2)17-12(19)8-4-3-5-9(16)10(8)15/h3-5,7H,1-2H3,(H,17,19)(H,20,21). The summed E-state index contributed by atoms with van der Waals surface area (Å²) in [6.07, 6.45) is 0. The SMILES string of the molecule is Cc1nc(C(C)NC(=O)c2cccc(F)c2Cl)sc1C(=O)O. The lowest BCUT2D eigenvalue weighted by atomic mass is 10.2. The molecule has 1 aromatic carbocycles. The number of nitrogens with one attached hydrogen (secondary N) is 1. The quantitative estimate of drug-likeness (QED) is 0.892. The summed E-state index contributed by atoms with van der Waals surface area (Å²) >= 11 is 6.75. The summed E-state index contributed by atoms with van der Waals surface area (Å²) in [7, 11) is 0. The number of aromatic nitrogens is 1. The van der Waals surface area contributed by atoms with E-state index < -0.39 is 23.7 Å². The van der Waals surface area contributed by atoms with Crippen LogP contribution in [0, 0.1) is 12.7 Å². The molecule has 0 saturated heterocycles. The van der Waals surface area contributed by atoms with Crippen LogP contribution in [0.5, 0.6) is 0 Å². The second-order valence-corrected chi connectivity index (χ2v) is 5.98. The Kier molecular flexibility index (Phi) is 4.77. The minimum atomic E-state index is -1.06. The third-order valence-corrected chi connectivity index (χ3v) is 4.63. The van der Waals surface area contributed by atoms with E-state index in [1.54, 1.807) is 13.8 Å². The number of carbonyl (C=O) groups is 2. The average Bonchev–Trinajstić information content (AvgIpc) is 2.84. The van der Waals surface area contributed by atoms with Crippen molar-refractivity contribution in [2.75, 3.05) is 0 Å². The van der Waals surface area contributed by atoms with Gasteiger partial charge in [0.25, 0.3) is 5.91 Å². The summed E-state index contributed by atoms with van der Waals surface area (Å²) < 4.78 is 13.4. The number of carbonyl (C=O) groups excluding carboxylic acids is 1. The van der Waals surface area contributed by atoms with Crippen LogP contribution in [0.15, 0.2) is 18.2 Å². The van der Waals surface area contributed by atoms with Gasteiger partial charge in [-0.1, -0.05) is 17.7 Å². The number of halogens is 2. The van der Waals surface area contributed by atoms with Gasteiger partial charge in [-0.3, -0.25) is 4.79 Å². The molecule has 2 N–H and O–H groups in total. The molecule has 116 valence electrons. The van der Waals surface area contributed by atoms with Gasteiger partial charge in [-0.15, -0.1) is 11.3 Å². The van der Waals surface area contributed by atoms with Crippen LogP contribution in [0.4, 0.5) is 4.39 Å². The van der Waals surface area contributed by atoms with Gasteiger partial charge in [-0.2, -0.15) is 0 Å². The van der Waals surface area contributed by atoms with Crippen molar-refractivity contribution < 1.29 is 19.1 Å². The minimum Gasteiger partial charge on any atom is -0.477 e. The molecular formula is C14H12ClFN2O3S. The molecule has 0 saturated carbocycles. The normalized spacial score (nSPS) is 12.0. The molecular weight excluding hydrogens is 331 g/mol. The molecule has 5 nitrogen and oxygen atoms in total. The van der Waals surface area contributed by atoms with Crippen LogP contribution in [0.3, 0.4) is 0 Å². The number of carboxylic acid groups (broad SMARTS) is 1. The molecule has 0 aliphatic carbocycles. The van der Waals surface area contributed by atoms with Crippen molar-refractivity contribution in [2.24, 2.45) is 0 Å². The number of amides is 1. The van der Waals surface area contributed by atoms with Crippen LogP contribution in [-0.4, -0.2) is 22.0 Å². The van der Waals surface area contributed by atoms with Crippen molar-refractivity contribution in [1.29, 1.82) is 0 Å². The van der Waals surface area contributed by atoms with E-state index in [4.69, 9.17) is 16.7 Å². The third-order valence-electron chi connectivity index (χ3n) is 2.92. The number of hydrogen-bond acceptors (Lipinski definition) is 4. The van der Waals surface area contributed by atoms with Gasteiger partial charge in [0.1, 0.15) is 15.7 Å². The zero-order valence-corrected chi connectivity index (χ0v) is 13.3. The van der Waals surface area contributed by atoms with Gasteiger partial charge in [0, 0.05) is 0 Å². The first-order valence-electron chi connectivity index (χ1n) is 6.26. The Balaban J connectivity index is 2.19. The molecule has 0 aliphatic heterocycles. The van der Waals surface area contributed by atoms with E-state index in [2.05, 4.69) is 10.3 Å². The van der Waals surface area contributed by atoms with Crippen molar-refractivity contribution in [2.45, 2.75) is 19.9 Å². The fraction of sp³-hybridized carbons (Fsp3) is 0.214. The molecule has 2 aromatic rings. The predicted octanol–water partition coefficient (Wildman–Crippen LogP) is 3.43. The second-order valence-electron chi connectivity index (χ2n) is 4.57. The summed E-state index contributed by atoms with van der Waals surface area (Å²) in [6, 6.07) is 3.43. The second kappa shape index (κ2) is 6.41. The number of thiazole rings is 1. The van der Waals surface area contributed by atoms with Crippen LogP contribution in [-0.2, 0) is 0 Å². The lowest BCUT2D eigenvalue weighted by molar-refractivity contribution is 0.0701. The van der Waals surface area contributed by atoms with Crippen LogP contribution >= 0.6 is 22.9 Å². The number of hydrogen-bond donors (Lipinski definition) is 2. The molecule has 1 heterocycles. The molecule has 2 rings (SSSR count). The molecule has 22 heavy (non-hydrogen) atoms. The largest absolute Gasteiger partial charge is 0.477 e. The Morgan fingerprint density at radius 3 is 2.73 bits per heavy atom. The van der Waals surface area contributed by atoms with Gasteiger partial charge in [-0.05, 0) is 26.0 Å². The van der Waals surface area contributed by atoms with Crippen LogP contribution in [0.25, 0.3) is 0 Å². The minimum absolute atomic E-state index is 0.0141. The smallest absolute Gasteiger partial charge is 0.347 e. The van der Waals surface area contributed by atoms with Gasteiger partial charge in [0.05, 0.1) is 22.3 Å². The fourth-order valence-electron chi connectivity index (χ4n) is 1.82. The molecule has 8 heteroatoms. The number of carboxylic acids is 1. The van der Waals surface area contributed by atoms with E-state index in [1.807, 2.05) is 0 Å². The highest BCUT2D eigenvalue weighted by Crippen LogP contribution is 2.25. The number of aryl methyl sites for hydroxylation is 1.